The fourth-order valence-corrected chi connectivity index (χ4v) is 1.57. The van der Waals surface area contributed by atoms with Crippen LogP contribution in [0.4, 0.5) is 4.79 Å². The molecule has 0 aromatic rings. The molecule has 0 saturated carbocycles. The van der Waals surface area contributed by atoms with Crippen LogP contribution >= 0.6 is 12.2 Å². The highest BCUT2D eigenvalue weighted by Crippen LogP contribution is 2.06. The van der Waals surface area contributed by atoms with Gasteiger partial charge in [-0.25, -0.2) is 9.79 Å². The molecule has 1 amide bonds. The Morgan fingerprint density at radius 2 is 1.75 bits per heavy atom. The van der Waals surface area contributed by atoms with Gasteiger partial charge in [-0.1, -0.05) is 0 Å². The van der Waals surface area contributed by atoms with Gasteiger partial charge in [-0.2, -0.15) is 0 Å². The van der Waals surface area contributed by atoms with Crippen molar-refractivity contribution in [3.63, 3.8) is 0 Å². The maximum atomic E-state index is 11.4. The van der Waals surface area contributed by atoms with E-state index in [1.165, 1.54) is 0 Å². The van der Waals surface area contributed by atoms with Crippen LogP contribution in [0, 0.1) is 0 Å². The predicted octanol–water partition coefficient (Wildman–Crippen LogP) is 1.93. The monoisotopic (exact) mass is 302 g/mol. The summed E-state index contributed by atoms with van der Waals surface area (Å²) < 4.78 is 5.13. The molecule has 6 nitrogen and oxygen atoms in total. The Bertz CT molecular complexity index is 347. The summed E-state index contributed by atoms with van der Waals surface area (Å²) in [6.45, 7) is 8.57. The van der Waals surface area contributed by atoms with Gasteiger partial charge in [0.1, 0.15) is 5.60 Å². The molecule has 0 bridgehead atoms. The number of nitrogens with two attached hydrogens (primary N) is 1. The Balaban J connectivity index is 3.48. The van der Waals surface area contributed by atoms with Gasteiger partial charge in [0.2, 0.25) is 0 Å². The molecule has 7 heteroatoms. The third kappa shape index (κ3) is 13.1. The second-order valence-electron chi connectivity index (χ2n) is 5.47. The largest absolute Gasteiger partial charge is 0.444 e. The Morgan fingerprint density at radius 3 is 2.25 bits per heavy atom. The average Bonchev–Trinajstić information content (AvgIpc) is 2.24. The quantitative estimate of drug-likeness (QED) is 0.302. The first-order valence-corrected chi connectivity index (χ1v) is 7.17. The van der Waals surface area contributed by atoms with E-state index in [2.05, 4.69) is 15.6 Å². The Kier molecular flexibility index (Phi) is 8.87. The van der Waals surface area contributed by atoms with Crippen molar-refractivity contribution in [2.24, 2.45) is 10.7 Å². The van der Waals surface area contributed by atoms with Crippen molar-refractivity contribution in [2.75, 3.05) is 13.1 Å². The highest BCUT2D eigenvalue weighted by molar-refractivity contribution is 7.80. The van der Waals surface area contributed by atoms with Crippen LogP contribution in [0.2, 0.25) is 0 Å². The summed E-state index contributed by atoms with van der Waals surface area (Å²) in [7, 11) is 0. The van der Waals surface area contributed by atoms with E-state index in [0.717, 1.165) is 25.8 Å². The molecule has 0 aliphatic rings. The highest BCUT2D eigenvalue weighted by atomic mass is 32.1. The van der Waals surface area contributed by atoms with Crippen LogP contribution in [0.15, 0.2) is 4.99 Å². The molecule has 4 N–H and O–H groups in total. The fourth-order valence-electron chi connectivity index (χ4n) is 1.33. The number of carbonyl (C=O) groups excluding carboxylic acids is 1. The number of rotatable bonds is 6. The SMILES string of the molecule is C/C(N)=N/C(=S)NCCCCCNC(=O)OC(C)(C)C. The van der Waals surface area contributed by atoms with Gasteiger partial charge in [-0.15, -0.1) is 0 Å². The molecule has 20 heavy (non-hydrogen) atoms. The minimum absolute atomic E-state index is 0.371. The van der Waals surface area contributed by atoms with Crippen molar-refractivity contribution in [1.29, 1.82) is 0 Å². The van der Waals surface area contributed by atoms with Crippen molar-refractivity contribution in [3.8, 4) is 0 Å². The normalized spacial score (nSPS) is 11.9. The molecule has 0 aromatic heterocycles. The Labute approximate surface area is 126 Å². The lowest BCUT2D eigenvalue weighted by atomic mass is 10.2. The molecule has 0 rings (SSSR count). The van der Waals surface area contributed by atoms with Crippen LogP contribution in [0.1, 0.15) is 47.0 Å². The van der Waals surface area contributed by atoms with E-state index in [0.29, 0.717) is 17.5 Å². The summed E-state index contributed by atoms with van der Waals surface area (Å²) in [5.74, 6) is 0.448. The van der Waals surface area contributed by atoms with E-state index in [1.807, 2.05) is 20.8 Å². The molecule has 0 heterocycles. The Morgan fingerprint density at radius 1 is 1.20 bits per heavy atom. The van der Waals surface area contributed by atoms with Crippen molar-refractivity contribution in [2.45, 2.75) is 52.6 Å². The summed E-state index contributed by atoms with van der Waals surface area (Å²) in [6.07, 6.45) is 2.46. The van der Waals surface area contributed by atoms with Crippen molar-refractivity contribution in [3.05, 3.63) is 0 Å². The first kappa shape index (κ1) is 18.6. The lowest BCUT2D eigenvalue weighted by Crippen LogP contribution is -2.33. The molecule has 0 fully saturated rings. The lowest BCUT2D eigenvalue weighted by molar-refractivity contribution is 0.0527. The average molecular weight is 302 g/mol. The summed E-state index contributed by atoms with van der Waals surface area (Å²) in [5.41, 5.74) is 4.95. The Hall–Kier alpha value is -1.37. The molecule has 0 atom stereocenters. The molecule has 0 aromatic carbocycles. The van der Waals surface area contributed by atoms with E-state index >= 15 is 0 Å². The standard InChI is InChI=1S/C13H26N4O2S/c1-10(14)17-11(20)15-8-6-5-7-9-16-12(18)19-13(2,3)4/h5-9H2,1-4H3,(H,16,18)(H3,14,15,17,20). The van der Waals surface area contributed by atoms with Crippen LogP contribution < -0.4 is 16.4 Å². The van der Waals surface area contributed by atoms with Crippen LogP contribution in [0.3, 0.4) is 0 Å². The number of ether oxygens (including phenoxy) is 1. The zero-order valence-electron chi connectivity index (χ0n) is 12.8. The molecule has 0 radical (unpaired) electrons. The molecule has 0 spiro atoms. The number of carbonyl (C=O) groups is 1. The van der Waals surface area contributed by atoms with E-state index in [4.69, 9.17) is 22.7 Å². The number of alkyl carbamates (subject to hydrolysis) is 1. The van der Waals surface area contributed by atoms with Gasteiger partial charge in [0, 0.05) is 13.1 Å². The second-order valence-corrected chi connectivity index (χ2v) is 5.86. The molecule has 0 saturated heterocycles. The number of nitrogens with zero attached hydrogens (tertiary/aromatic N) is 1. The van der Waals surface area contributed by atoms with Crippen molar-refractivity contribution >= 4 is 29.3 Å². The van der Waals surface area contributed by atoms with Gasteiger partial charge >= 0.3 is 6.09 Å². The zero-order chi connectivity index (χ0) is 15.6. The zero-order valence-corrected chi connectivity index (χ0v) is 13.6. The number of amidine groups is 1. The maximum absolute atomic E-state index is 11.4. The highest BCUT2D eigenvalue weighted by Gasteiger charge is 2.15. The number of nitrogens with one attached hydrogen (secondary N) is 2. The van der Waals surface area contributed by atoms with Crippen LogP contribution in [-0.2, 0) is 4.74 Å². The minimum Gasteiger partial charge on any atom is -0.444 e. The number of unbranched alkanes of at least 4 members (excludes halogenated alkanes) is 2. The third-order valence-electron chi connectivity index (χ3n) is 2.08. The van der Waals surface area contributed by atoms with Gasteiger partial charge in [0.15, 0.2) is 5.11 Å². The van der Waals surface area contributed by atoms with Crippen LogP contribution in [-0.4, -0.2) is 35.7 Å². The van der Waals surface area contributed by atoms with Gasteiger partial charge < -0.3 is 21.1 Å². The van der Waals surface area contributed by atoms with E-state index in [1.54, 1.807) is 6.92 Å². The third-order valence-corrected chi connectivity index (χ3v) is 2.31. The number of hydrogen-bond acceptors (Lipinski definition) is 3. The maximum Gasteiger partial charge on any atom is 0.407 e. The summed E-state index contributed by atoms with van der Waals surface area (Å²) in [5, 5.41) is 6.13. The first-order valence-electron chi connectivity index (χ1n) is 6.76. The van der Waals surface area contributed by atoms with E-state index < -0.39 is 5.60 Å². The summed E-state index contributed by atoms with van der Waals surface area (Å²) >= 11 is 4.96. The fraction of sp³-hybridized carbons (Fsp3) is 0.769. The topological polar surface area (TPSA) is 88.7 Å². The molecule has 0 aliphatic heterocycles. The predicted molar refractivity (Wildman–Crippen MR) is 86.0 cm³/mol. The smallest absolute Gasteiger partial charge is 0.407 e. The minimum atomic E-state index is -0.453. The summed E-state index contributed by atoms with van der Waals surface area (Å²) in [4.78, 5) is 15.3. The van der Waals surface area contributed by atoms with Gasteiger partial charge in [0.25, 0.3) is 0 Å². The molecular weight excluding hydrogens is 276 g/mol. The van der Waals surface area contributed by atoms with E-state index in [-0.39, 0.29) is 6.09 Å². The molecule has 116 valence electrons. The van der Waals surface area contributed by atoms with Crippen molar-refractivity contribution in [1.82, 2.24) is 10.6 Å². The molecule has 0 aliphatic carbocycles. The number of thiocarbonyl (C=S) groups is 1. The number of amides is 1. The number of aliphatic imine (C=N–C) groups is 1. The first-order chi connectivity index (χ1) is 9.20. The van der Waals surface area contributed by atoms with Gasteiger partial charge in [-0.05, 0) is 59.2 Å². The molecular formula is C13H26N4O2S. The van der Waals surface area contributed by atoms with Gasteiger partial charge in [0.05, 0.1) is 5.84 Å². The van der Waals surface area contributed by atoms with Gasteiger partial charge in [-0.3, -0.25) is 0 Å². The number of hydrogen-bond donors (Lipinski definition) is 3. The summed E-state index contributed by atoms with van der Waals surface area (Å²) in [6, 6.07) is 0. The van der Waals surface area contributed by atoms with Crippen LogP contribution in [0.5, 0.6) is 0 Å². The van der Waals surface area contributed by atoms with Crippen molar-refractivity contribution < 1.29 is 9.53 Å². The lowest BCUT2D eigenvalue weighted by Gasteiger charge is -2.19. The van der Waals surface area contributed by atoms with Crippen LogP contribution in [0.25, 0.3) is 0 Å². The van der Waals surface area contributed by atoms with E-state index in [9.17, 15) is 4.79 Å². The molecule has 0 unspecified atom stereocenters. The second kappa shape index (κ2) is 9.52.